The molecule has 2 heteroatoms. The molecule has 0 N–H and O–H groups in total. The van der Waals surface area contributed by atoms with Crippen molar-refractivity contribution in [2.75, 3.05) is 6.61 Å². The number of ether oxygens (including phenoxy) is 1. The Balaban J connectivity index is 1.82. The summed E-state index contributed by atoms with van der Waals surface area (Å²) < 4.78 is 5.78. The molecule has 24 heavy (non-hydrogen) atoms. The lowest BCUT2D eigenvalue weighted by molar-refractivity contribution is -0.165. The summed E-state index contributed by atoms with van der Waals surface area (Å²) in [5.74, 6) is 2.90. The van der Waals surface area contributed by atoms with Crippen molar-refractivity contribution < 1.29 is 9.53 Å². The first-order valence-electron chi connectivity index (χ1n) is 10.1. The number of esters is 1. The minimum Gasteiger partial charge on any atom is -0.465 e. The Morgan fingerprint density at radius 1 is 1.00 bits per heavy atom. The second kappa shape index (κ2) is 7.00. The highest BCUT2D eigenvalue weighted by molar-refractivity contribution is 5.77. The monoisotopic (exact) mass is 336 g/mol. The summed E-state index contributed by atoms with van der Waals surface area (Å²) in [5.41, 5.74) is -0.413. The third-order valence-corrected chi connectivity index (χ3v) is 6.83. The molecule has 0 saturated heterocycles. The summed E-state index contributed by atoms with van der Waals surface area (Å²) >= 11 is 0. The van der Waals surface area contributed by atoms with Crippen LogP contribution in [0.5, 0.6) is 0 Å². The normalized spacial score (nSPS) is 29.5. The Morgan fingerprint density at radius 2 is 1.67 bits per heavy atom. The van der Waals surface area contributed by atoms with Crippen molar-refractivity contribution in [3.8, 4) is 0 Å². The van der Waals surface area contributed by atoms with E-state index in [1.165, 1.54) is 32.1 Å². The lowest BCUT2D eigenvalue weighted by Crippen LogP contribution is -2.44. The van der Waals surface area contributed by atoms with Crippen LogP contribution in [0.4, 0.5) is 0 Å². The van der Waals surface area contributed by atoms with Gasteiger partial charge in [-0.05, 0) is 74.0 Å². The van der Waals surface area contributed by atoms with Gasteiger partial charge in [-0.2, -0.15) is 0 Å². The molecule has 0 aromatic carbocycles. The molecule has 2 fully saturated rings. The summed E-state index contributed by atoms with van der Waals surface area (Å²) in [6.45, 7) is 15.8. The van der Waals surface area contributed by atoms with E-state index in [4.69, 9.17) is 4.74 Å². The Hall–Kier alpha value is -0.530. The largest absolute Gasteiger partial charge is 0.465 e. The van der Waals surface area contributed by atoms with Crippen LogP contribution in [0.3, 0.4) is 0 Å². The quantitative estimate of drug-likeness (QED) is 0.424. The highest BCUT2D eigenvalue weighted by Crippen LogP contribution is 2.50. The van der Waals surface area contributed by atoms with Gasteiger partial charge in [0.25, 0.3) is 0 Å². The first kappa shape index (κ1) is 19.8. The van der Waals surface area contributed by atoms with Crippen molar-refractivity contribution in [1.29, 1.82) is 0 Å². The molecule has 0 heterocycles. The molecule has 2 saturated carbocycles. The molecule has 0 amide bonds. The summed E-state index contributed by atoms with van der Waals surface area (Å²) in [6.07, 6.45) is 8.96. The molecule has 0 aromatic rings. The van der Waals surface area contributed by atoms with Gasteiger partial charge in [0.2, 0.25) is 0 Å². The second-order valence-electron chi connectivity index (χ2n) is 11.0. The number of fused-ring (bicyclic) bond motifs is 2. The lowest BCUT2D eigenvalue weighted by Gasteiger charge is -2.43. The van der Waals surface area contributed by atoms with E-state index in [1.807, 2.05) is 0 Å². The predicted molar refractivity (Wildman–Crippen MR) is 101 cm³/mol. The van der Waals surface area contributed by atoms with Gasteiger partial charge >= 0.3 is 5.97 Å². The maximum absolute atomic E-state index is 12.9. The van der Waals surface area contributed by atoms with Gasteiger partial charge in [0, 0.05) is 0 Å². The van der Waals surface area contributed by atoms with Crippen LogP contribution < -0.4 is 0 Å². The molecule has 2 rings (SSSR count). The average Bonchev–Trinajstić information content (AvgIpc) is 3.02. The molecular weight excluding hydrogens is 296 g/mol. The van der Waals surface area contributed by atoms with Crippen molar-refractivity contribution in [1.82, 2.24) is 0 Å². The van der Waals surface area contributed by atoms with Gasteiger partial charge in [0.1, 0.15) is 0 Å². The fraction of sp³-hybridized carbons (Fsp3) is 0.955. The van der Waals surface area contributed by atoms with E-state index in [1.54, 1.807) is 0 Å². The first-order chi connectivity index (χ1) is 10.9. The molecule has 2 nitrogen and oxygen atoms in total. The summed E-state index contributed by atoms with van der Waals surface area (Å²) in [4.78, 5) is 12.9. The zero-order valence-corrected chi connectivity index (χ0v) is 17.2. The van der Waals surface area contributed by atoms with E-state index in [2.05, 4.69) is 48.5 Å². The zero-order valence-electron chi connectivity index (χ0n) is 17.2. The van der Waals surface area contributed by atoms with E-state index in [-0.39, 0.29) is 16.8 Å². The van der Waals surface area contributed by atoms with Crippen LogP contribution in [0.15, 0.2) is 0 Å². The van der Waals surface area contributed by atoms with Gasteiger partial charge in [0.05, 0.1) is 12.0 Å². The average molecular weight is 337 g/mol. The number of rotatable bonds is 6. The Labute approximate surface area is 150 Å². The van der Waals surface area contributed by atoms with E-state index < -0.39 is 5.41 Å². The predicted octanol–water partition coefficient (Wildman–Crippen LogP) is 6.23. The Bertz CT molecular complexity index is 440. The molecular formula is C22H40O2. The van der Waals surface area contributed by atoms with Gasteiger partial charge in [-0.15, -0.1) is 0 Å². The van der Waals surface area contributed by atoms with Crippen LogP contribution in [-0.2, 0) is 9.53 Å². The van der Waals surface area contributed by atoms with Crippen LogP contribution in [0.1, 0.15) is 93.4 Å². The summed E-state index contributed by atoms with van der Waals surface area (Å²) in [6, 6.07) is 0. The maximum atomic E-state index is 12.9. The van der Waals surface area contributed by atoms with Crippen molar-refractivity contribution in [3.63, 3.8) is 0 Å². The van der Waals surface area contributed by atoms with Crippen molar-refractivity contribution in [2.24, 2.45) is 34.0 Å². The topological polar surface area (TPSA) is 26.3 Å². The first-order valence-corrected chi connectivity index (χ1v) is 10.1. The smallest absolute Gasteiger partial charge is 0.312 e. The van der Waals surface area contributed by atoms with E-state index >= 15 is 0 Å². The fourth-order valence-corrected chi connectivity index (χ4v) is 5.10. The third kappa shape index (κ3) is 4.55. The van der Waals surface area contributed by atoms with E-state index in [9.17, 15) is 4.79 Å². The fourth-order valence-electron chi connectivity index (χ4n) is 5.10. The number of carbonyl (C=O) groups is 1. The van der Waals surface area contributed by atoms with Gasteiger partial charge in [-0.25, -0.2) is 0 Å². The van der Waals surface area contributed by atoms with Gasteiger partial charge in [-0.1, -0.05) is 48.0 Å². The molecule has 0 spiro atoms. The third-order valence-electron chi connectivity index (χ3n) is 6.83. The minimum absolute atomic E-state index is 0.00197. The Kier molecular flexibility index (Phi) is 5.77. The molecule has 2 bridgehead atoms. The molecule has 2 aliphatic carbocycles. The van der Waals surface area contributed by atoms with Gasteiger partial charge in [0.15, 0.2) is 0 Å². The molecule has 4 unspecified atom stereocenters. The molecule has 4 atom stereocenters. The zero-order chi connectivity index (χ0) is 18.2. The highest BCUT2D eigenvalue weighted by Gasteiger charge is 2.47. The molecule has 140 valence electrons. The Morgan fingerprint density at radius 3 is 2.12 bits per heavy atom. The van der Waals surface area contributed by atoms with Gasteiger partial charge < -0.3 is 4.74 Å². The van der Waals surface area contributed by atoms with Crippen molar-refractivity contribution in [3.05, 3.63) is 0 Å². The van der Waals surface area contributed by atoms with Crippen LogP contribution in [0, 0.1) is 34.0 Å². The number of hydrogen-bond donors (Lipinski definition) is 0. The SMILES string of the molecule is CC(C)(C)CC(C)(C(=O)OCCCC1CC2CCC1C2)C(C)(C)C. The minimum atomic E-state index is -0.433. The molecule has 0 aliphatic heterocycles. The maximum Gasteiger partial charge on any atom is 0.312 e. The molecule has 0 aromatic heterocycles. The highest BCUT2D eigenvalue weighted by atomic mass is 16.5. The van der Waals surface area contributed by atoms with Crippen molar-refractivity contribution in [2.45, 2.75) is 93.4 Å². The van der Waals surface area contributed by atoms with E-state index in [0.717, 1.165) is 30.6 Å². The molecule has 2 aliphatic rings. The van der Waals surface area contributed by atoms with Gasteiger partial charge in [-0.3, -0.25) is 4.79 Å². The standard InChI is InChI=1S/C22H40O2/c1-20(2,3)15-22(7,21(4,5)6)19(23)24-12-8-9-17-13-16-10-11-18(17)14-16/h16-18H,8-15H2,1-7H3. The lowest BCUT2D eigenvalue weighted by atomic mass is 9.61. The van der Waals surface area contributed by atoms with Crippen LogP contribution >= 0.6 is 0 Å². The number of carbonyl (C=O) groups excluding carboxylic acids is 1. The van der Waals surface area contributed by atoms with E-state index in [0.29, 0.717) is 6.61 Å². The van der Waals surface area contributed by atoms with Crippen LogP contribution in [0.25, 0.3) is 0 Å². The van der Waals surface area contributed by atoms with Crippen molar-refractivity contribution >= 4 is 5.97 Å². The van der Waals surface area contributed by atoms with Crippen LogP contribution in [0.2, 0.25) is 0 Å². The van der Waals surface area contributed by atoms with Crippen LogP contribution in [-0.4, -0.2) is 12.6 Å². The summed E-state index contributed by atoms with van der Waals surface area (Å²) in [7, 11) is 0. The molecule has 0 radical (unpaired) electrons. The second-order valence-corrected chi connectivity index (χ2v) is 11.0. The summed E-state index contributed by atoms with van der Waals surface area (Å²) in [5, 5.41) is 0. The number of hydrogen-bond acceptors (Lipinski definition) is 2.